The Morgan fingerprint density at radius 2 is 1.70 bits per heavy atom. The third-order valence-corrected chi connectivity index (χ3v) is 10.2. The van der Waals surface area contributed by atoms with E-state index in [2.05, 4.69) is 25.2 Å². The van der Waals surface area contributed by atoms with Gasteiger partial charge in [0.1, 0.15) is 23.9 Å². The van der Waals surface area contributed by atoms with Crippen LogP contribution in [0.2, 0.25) is 5.02 Å². The molecule has 2 aromatic carbocycles. The first-order chi connectivity index (χ1) is 24.7. The van der Waals surface area contributed by atoms with Crippen molar-refractivity contribution < 1.29 is 43.9 Å². The number of hydrogen-bond donors (Lipinski definition) is 2. The Hall–Kier alpha value is -4.91. The zero-order chi connectivity index (χ0) is 38.8. The van der Waals surface area contributed by atoms with E-state index in [4.69, 9.17) is 11.6 Å². The van der Waals surface area contributed by atoms with Crippen molar-refractivity contribution >= 4 is 49.9 Å². The minimum Gasteiger partial charge on any atom is -0.365 e. The monoisotopic (exact) mass is 786 g/mol. The number of anilines is 2. The maximum Gasteiger partial charge on any atom is 0.437 e. The predicted molar refractivity (Wildman–Crippen MR) is 182 cm³/mol. The molecule has 11 nitrogen and oxygen atoms in total. The number of pyridine rings is 1. The van der Waals surface area contributed by atoms with Gasteiger partial charge >= 0.3 is 12.1 Å². The van der Waals surface area contributed by atoms with Gasteiger partial charge in [0.25, 0.3) is 0 Å². The number of aromatic nitrogens is 5. The Bertz CT molecular complexity index is 2360. The quantitative estimate of drug-likeness (QED) is 0.155. The van der Waals surface area contributed by atoms with E-state index in [9.17, 15) is 35.2 Å². The van der Waals surface area contributed by atoms with Crippen LogP contribution in [0.25, 0.3) is 22.0 Å². The first-order valence-corrected chi connectivity index (χ1v) is 17.9. The second-order valence-electron chi connectivity index (χ2n) is 12.5. The molecule has 20 heteroatoms. The standard InChI is InChI=1S/C33H30ClF7N8O3S/c1-5-53(51,52)46-31-25-22(34)9-8-21(27(25)48(4)45-31)20-7-6-16(2)42-26(20)23(12-17-10-18(35)13-19(36)11-17)43-24(50)14-49-30-28(29(44-49)33(39,40)41)47(3)15-32(30,37)38/h6-11,13,23H,5,12,14-15H2,1-4H3,(H,43,50)(H,45,46)/t23-/m0/s1. The van der Waals surface area contributed by atoms with Gasteiger partial charge in [-0.2, -0.15) is 32.1 Å². The summed E-state index contributed by atoms with van der Waals surface area (Å²) in [6, 6.07) is 7.71. The Balaban J connectivity index is 1.48. The van der Waals surface area contributed by atoms with Crippen molar-refractivity contribution in [2.24, 2.45) is 7.05 Å². The maximum absolute atomic E-state index is 15.0. The van der Waals surface area contributed by atoms with Gasteiger partial charge in [0.05, 0.1) is 45.6 Å². The van der Waals surface area contributed by atoms with Crippen LogP contribution in [-0.4, -0.2) is 58.2 Å². The van der Waals surface area contributed by atoms with Crippen LogP contribution in [0.15, 0.2) is 42.5 Å². The number of nitrogens with one attached hydrogen (secondary N) is 2. The van der Waals surface area contributed by atoms with Gasteiger partial charge < -0.3 is 10.2 Å². The number of fused-ring (bicyclic) bond motifs is 2. The zero-order valence-corrected chi connectivity index (χ0v) is 29.9. The fourth-order valence-corrected chi connectivity index (χ4v) is 7.27. The number of amides is 1. The molecule has 6 rings (SSSR count). The van der Waals surface area contributed by atoms with E-state index in [0.717, 1.165) is 19.2 Å². The molecule has 282 valence electrons. The molecule has 2 N–H and O–H groups in total. The molecule has 0 spiro atoms. The van der Waals surface area contributed by atoms with E-state index in [1.165, 1.54) is 24.7 Å². The van der Waals surface area contributed by atoms with Gasteiger partial charge in [-0.1, -0.05) is 23.7 Å². The number of benzene rings is 2. The summed E-state index contributed by atoms with van der Waals surface area (Å²) in [5.74, 6) is -7.04. The van der Waals surface area contributed by atoms with Crippen LogP contribution in [0.5, 0.6) is 0 Å². The summed E-state index contributed by atoms with van der Waals surface area (Å²) in [4.78, 5) is 19.1. The van der Waals surface area contributed by atoms with Crippen molar-refractivity contribution in [3.63, 3.8) is 0 Å². The molecule has 0 saturated carbocycles. The average molecular weight is 787 g/mol. The van der Waals surface area contributed by atoms with Gasteiger partial charge in [-0.25, -0.2) is 17.2 Å². The lowest BCUT2D eigenvalue weighted by atomic mass is 9.93. The van der Waals surface area contributed by atoms with Crippen LogP contribution >= 0.6 is 11.6 Å². The van der Waals surface area contributed by atoms with Crippen LogP contribution in [0, 0.1) is 18.6 Å². The normalized spacial score (nSPS) is 14.8. The van der Waals surface area contributed by atoms with Crippen LogP contribution in [0.4, 0.5) is 42.2 Å². The number of rotatable bonds is 10. The van der Waals surface area contributed by atoms with E-state index in [1.807, 2.05) is 0 Å². The summed E-state index contributed by atoms with van der Waals surface area (Å²) in [7, 11) is -1.21. The van der Waals surface area contributed by atoms with Crippen LogP contribution < -0.4 is 14.9 Å². The lowest BCUT2D eigenvalue weighted by Gasteiger charge is -2.23. The summed E-state index contributed by atoms with van der Waals surface area (Å²) in [6.45, 7) is 0.908. The topological polar surface area (TPSA) is 127 Å². The number of carbonyl (C=O) groups is 1. The molecule has 53 heavy (non-hydrogen) atoms. The Kier molecular flexibility index (Phi) is 9.63. The molecule has 1 amide bonds. The molecule has 1 aliphatic heterocycles. The van der Waals surface area contributed by atoms with Crippen molar-refractivity contribution in [3.05, 3.63) is 87.5 Å². The smallest absolute Gasteiger partial charge is 0.365 e. The van der Waals surface area contributed by atoms with Gasteiger partial charge in [-0.15, -0.1) is 0 Å². The summed E-state index contributed by atoms with van der Waals surface area (Å²) in [5.41, 5.74) is -1.92. The molecule has 5 aromatic rings. The number of carbonyl (C=O) groups excluding carboxylic acids is 1. The highest BCUT2D eigenvalue weighted by atomic mass is 35.5. The molecule has 4 heterocycles. The fraction of sp³-hybridized carbons (Fsp3) is 0.333. The third-order valence-electron chi connectivity index (χ3n) is 8.60. The van der Waals surface area contributed by atoms with Crippen LogP contribution in [-0.2, 0) is 46.9 Å². The SMILES string of the molecule is CCS(=O)(=O)Nc1nn(C)c2c(-c3ccc(C)nc3[C@H](Cc3cc(F)cc(F)c3)NC(=O)Cn3nc(C(F)(F)F)c4c3C(F)(F)CN4C)ccc(Cl)c12. The zero-order valence-electron chi connectivity index (χ0n) is 28.3. The number of halogens is 8. The lowest BCUT2D eigenvalue weighted by molar-refractivity contribution is -0.141. The number of sulfonamides is 1. The summed E-state index contributed by atoms with van der Waals surface area (Å²) in [6.07, 6.45) is -5.44. The molecule has 0 aliphatic carbocycles. The third kappa shape index (κ3) is 7.36. The Morgan fingerprint density at radius 1 is 1.04 bits per heavy atom. The molecule has 0 bridgehead atoms. The maximum atomic E-state index is 15.0. The molecule has 0 radical (unpaired) electrons. The van der Waals surface area contributed by atoms with E-state index >= 15 is 8.78 Å². The molecule has 0 unspecified atom stereocenters. The van der Waals surface area contributed by atoms with Gasteiger partial charge in [-0.3, -0.25) is 23.9 Å². The molecule has 1 aliphatic rings. The second kappa shape index (κ2) is 13.5. The van der Waals surface area contributed by atoms with Crippen molar-refractivity contribution in [1.29, 1.82) is 0 Å². The fourth-order valence-electron chi connectivity index (χ4n) is 6.45. The summed E-state index contributed by atoms with van der Waals surface area (Å²) in [5, 5.41) is 10.7. The number of aryl methyl sites for hydroxylation is 2. The average Bonchev–Trinajstić information content (AvgIpc) is 3.66. The first kappa shape index (κ1) is 37.8. The summed E-state index contributed by atoms with van der Waals surface area (Å²) < 4.78 is 130. The van der Waals surface area contributed by atoms with Crippen molar-refractivity contribution in [1.82, 2.24) is 29.9 Å². The summed E-state index contributed by atoms with van der Waals surface area (Å²) >= 11 is 6.55. The minimum absolute atomic E-state index is 0.0487. The second-order valence-corrected chi connectivity index (χ2v) is 15.0. The largest absolute Gasteiger partial charge is 0.437 e. The van der Waals surface area contributed by atoms with E-state index < -0.39 is 75.9 Å². The highest BCUT2D eigenvalue weighted by Gasteiger charge is 2.53. The molecular weight excluding hydrogens is 757 g/mol. The molecule has 1 atom stereocenters. The predicted octanol–water partition coefficient (Wildman–Crippen LogP) is 6.49. The number of alkyl halides is 5. The van der Waals surface area contributed by atoms with Crippen molar-refractivity contribution in [3.8, 4) is 11.1 Å². The number of likely N-dealkylation sites (N-methyl/N-ethyl adjacent to an activating group) is 1. The Morgan fingerprint density at radius 3 is 2.34 bits per heavy atom. The van der Waals surface area contributed by atoms with Gasteiger partial charge in [0.2, 0.25) is 15.9 Å². The van der Waals surface area contributed by atoms with Gasteiger partial charge in [0, 0.05) is 37.0 Å². The van der Waals surface area contributed by atoms with Crippen molar-refractivity contribution in [2.75, 3.05) is 29.0 Å². The van der Waals surface area contributed by atoms with Crippen LogP contribution in [0.1, 0.15) is 41.3 Å². The van der Waals surface area contributed by atoms with E-state index in [1.54, 1.807) is 25.1 Å². The lowest BCUT2D eigenvalue weighted by Crippen LogP contribution is -2.35. The van der Waals surface area contributed by atoms with Gasteiger partial charge in [0.15, 0.2) is 11.5 Å². The molecule has 0 saturated heterocycles. The molecular formula is C33H30ClF7N8O3S. The minimum atomic E-state index is -5.11. The van der Waals surface area contributed by atoms with Crippen molar-refractivity contribution in [2.45, 2.75) is 45.0 Å². The number of nitrogens with zero attached hydrogens (tertiary/aromatic N) is 6. The van der Waals surface area contributed by atoms with Crippen LogP contribution in [0.3, 0.4) is 0 Å². The van der Waals surface area contributed by atoms with E-state index in [-0.39, 0.29) is 39.7 Å². The highest BCUT2D eigenvalue weighted by molar-refractivity contribution is 7.92. The highest BCUT2D eigenvalue weighted by Crippen LogP contribution is 2.48. The first-order valence-electron chi connectivity index (χ1n) is 15.8. The molecule has 3 aromatic heterocycles. The van der Waals surface area contributed by atoms with E-state index in [0.29, 0.717) is 38.0 Å². The number of hydrogen-bond acceptors (Lipinski definition) is 7. The Labute approximate surface area is 302 Å². The molecule has 0 fully saturated rings. The van der Waals surface area contributed by atoms with Gasteiger partial charge in [-0.05, 0) is 50.1 Å².